The summed E-state index contributed by atoms with van der Waals surface area (Å²) in [6.07, 6.45) is 6.25. The predicted octanol–water partition coefficient (Wildman–Crippen LogP) is 1.46. The van der Waals surface area contributed by atoms with Crippen LogP contribution in [0.1, 0.15) is 48.9 Å². The molecule has 2 bridgehead atoms. The van der Waals surface area contributed by atoms with Crippen molar-refractivity contribution < 1.29 is 14.7 Å². The van der Waals surface area contributed by atoms with E-state index in [9.17, 15) is 14.7 Å². The molecule has 1 aromatic rings. The van der Waals surface area contributed by atoms with Crippen molar-refractivity contribution in [1.82, 2.24) is 15.6 Å². The molecule has 3 saturated carbocycles. The number of rotatable bonds is 5. The number of carbonyl (C=O) groups is 2. The molecule has 8 heteroatoms. The third-order valence-electron chi connectivity index (χ3n) is 5.41. The van der Waals surface area contributed by atoms with Crippen LogP contribution < -0.4 is 16.0 Å². The number of carbonyl (C=O) groups excluding carboxylic acids is 2. The fourth-order valence-corrected chi connectivity index (χ4v) is 3.86. The van der Waals surface area contributed by atoms with Crippen LogP contribution in [0.3, 0.4) is 0 Å². The van der Waals surface area contributed by atoms with E-state index >= 15 is 0 Å². The molecule has 0 spiro atoms. The Morgan fingerprint density at radius 2 is 1.88 bits per heavy atom. The van der Waals surface area contributed by atoms with Gasteiger partial charge in [0.25, 0.3) is 5.91 Å². The average Bonchev–Trinajstić information content (AvgIpc) is 2.61. The van der Waals surface area contributed by atoms with Gasteiger partial charge in [-0.1, -0.05) is 11.6 Å². The van der Waals surface area contributed by atoms with Crippen molar-refractivity contribution in [3.8, 4) is 0 Å². The molecule has 2 amide bonds. The highest BCUT2D eigenvalue weighted by Crippen LogP contribution is 2.48. The average molecular weight is 367 g/mol. The van der Waals surface area contributed by atoms with Gasteiger partial charge in [-0.25, -0.2) is 4.98 Å². The van der Waals surface area contributed by atoms with Gasteiger partial charge in [-0.15, -0.1) is 0 Å². The Balaban J connectivity index is 1.78. The highest BCUT2D eigenvalue weighted by atomic mass is 35.5. The lowest BCUT2D eigenvalue weighted by atomic mass is 9.63. The molecule has 0 atom stereocenters. The van der Waals surface area contributed by atoms with E-state index in [-0.39, 0.29) is 23.9 Å². The second-order valence-corrected chi connectivity index (χ2v) is 7.43. The summed E-state index contributed by atoms with van der Waals surface area (Å²) in [4.78, 5) is 27.8. The van der Waals surface area contributed by atoms with Crippen LogP contribution in [0.4, 0.5) is 5.69 Å². The van der Waals surface area contributed by atoms with Gasteiger partial charge in [0.1, 0.15) is 5.15 Å². The second kappa shape index (κ2) is 6.80. The first kappa shape index (κ1) is 17.9. The van der Waals surface area contributed by atoms with Crippen LogP contribution in [-0.2, 0) is 4.79 Å². The number of pyridine rings is 1. The molecule has 4 N–H and O–H groups in total. The minimum Gasteiger partial charge on any atom is -0.390 e. The van der Waals surface area contributed by atoms with Gasteiger partial charge in [0.15, 0.2) is 0 Å². The predicted molar refractivity (Wildman–Crippen MR) is 94.7 cm³/mol. The second-order valence-electron chi connectivity index (χ2n) is 7.04. The molecule has 0 unspecified atom stereocenters. The Hall–Kier alpha value is -1.86. The van der Waals surface area contributed by atoms with E-state index in [1.54, 1.807) is 6.07 Å². The zero-order chi connectivity index (χ0) is 18.1. The van der Waals surface area contributed by atoms with Crippen molar-refractivity contribution in [2.24, 2.45) is 0 Å². The highest BCUT2D eigenvalue weighted by Gasteiger charge is 2.47. The Bertz CT molecular complexity index is 670. The number of hydrogen-bond acceptors (Lipinski definition) is 5. The summed E-state index contributed by atoms with van der Waals surface area (Å²) in [6, 6.07) is 1.64. The number of amides is 2. The Morgan fingerprint density at radius 1 is 1.24 bits per heavy atom. The maximum absolute atomic E-state index is 12.4. The van der Waals surface area contributed by atoms with Gasteiger partial charge in [0, 0.05) is 18.8 Å². The molecule has 3 aliphatic rings. The molecule has 0 aromatic carbocycles. The summed E-state index contributed by atoms with van der Waals surface area (Å²) in [6.45, 7) is -0.102. The molecule has 1 aromatic heterocycles. The lowest BCUT2D eigenvalue weighted by Crippen LogP contribution is -2.54. The molecular formula is C17H23ClN4O3. The lowest BCUT2D eigenvalue weighted by Gasteiger charge is -2.51. The van der Waals surface area contributed by atoms with Gasteiger partial charge >= 0.3 is 0 Å². The first-order chi connectivity index (χ1) is 11.8. The van der Waals surface area contributed by atoms with E-state index in [0.29, 0.717) is 16.4 Å². The lowest BCUT2D eigenvalue weighted by molar-refractivity contribution is -0.119. The van der Waals surface area contributed by atoms with Crippen LogP contribution in [0.15, 0.2) is 12.3 Å². The van der Waals surface area contributed by atoms with Crippen LogP contribution in [0.5, 0.6) is 0 Å². The third-order valence-corrected chi connectivity index (χ3v) is 5.62. The minimum atomic E-state index is -0.521. The molecule has 7 nitrogen and oxygen atoms in total. The molecule has 3 fully saturated rings. The number of fused-ring (bicyclic) bond motifs is 3. The quantitative estimate of drug-likeness (QED) is 0.591. The Morgan fingerprint density at radius 3 is 2.48 bits per heavy atom. The standard InChI is InChI=1S/C17H23ClN4O3/c1-19-14(23)10-21-15(24)11-9-20-13(18)8-12(11)22-16-2-5-17(25,6-3-16)7-4-16/h8-9,25H,2-7,10H2,1H3,(H,19,23)(H,20,22)(H,21,24). The summed E-state index contributed by atoms with van der Waals surface area (Å²) >= 11 is 6.02. The van der Waals surface area contributed by atoms with Crippen LogP contribution in [0.25, 0.3) is 0 Å². The van der Waals surface area contributed by atoms with Crippen molar-refractivity contribution in [2.75, 3.05) is 18.9 Å². The third kappa shape index (κ3) is 3.88. The summed E-state index contributed by atoms with van der Waals surface area (Å²) in [5.41, 5.74) is 0.314. The summed E-state index contributed by atoms with van der Waals surface area (Å²) in [5.74, 6) is -0.656. The number of nitrogens with zero attached hydrogens (tertiary/aromatic N) is 1. The zero-order valence-corrected chi connectivity index (χ0v) is 14.9. The van der Waals surface area contributed by atoms with Crippen molar-refractivity contribution >= 4 is 29.1 Å². The summed E-state index contributed by atoms with van der Waals surface area (Å²) in [5, 5.41) is 19.2. The Labute approximate surface area is 151 Å². The SMILES string of the molecule is CNC(=O)CNC(=O)c1cnc(Cl)cc1NC12CCC(O)(CC1)CC2. The van der Waals surface area contributed by atoms with Crippen molar-refractivity contribution in [2.45, 2.75) is 49.7 Å². The zero-order valence-electron chi connectivity index (χ0n) is 14.2. The molecule has 0 saturated heterocycles. The van der Waals surface area contributed by atoms with E-state index in [2.05, 4.69) is 20.9 Å². The van der Waals surface area contributed by atoms with Crippen molar-refractivity contribution in [3.05, 3.63) is 23.0 Å². The molecule has 136 valence electrons. The molecule has 0 aliphatic heterocycles. The number of aliphatic hydroxyl groups is 1. The topological polar surface area (TPSA) is 103 Å². The van der Waals surface area contributed by atoms with Crippen molar-refractivity contribution in [1.29, 1.82) is 0 Å². The first-order valence-electron chi connectivity index (χ1n) is 8.50. The number of anilines is 1. The summed E-state index contributed by atoms with van der Waals surface area (Å²) < 4.78 is 0. The van der Waals surface area contributed by atoms with E-state index in [1.807, 2.05) is 0 Å². The largest absolute Gasteiger partial charge is 0.390 e. The van der Waals surface area contributed by atoms with E-state index in [1.165, 1.54) is 13.2 Å². The van der Waals surface area contributed by atoms with Crippen molar-refractivity contribution in [3.63, 3.8) is 0 Å². The van der Waals surface area contributed by atoms with Gasteiger partial charge in [0.2, 0.25) is 5.91 Å². The molecule has 0 radical (unpaired) electrons. The normalized spacial score (nSPS) is 27.6. The summed E-state index contributed by atoms with van der Waals surface area (Å²) in [7, 11) is 1.51. The minimum absolute atomic E-state index is 0.102. The van der Waals surface area contributed by atoms with Crippen LogP contribution >= 0.6 is 11.6 Å². The van der Waals surface area contributed by atoms with E-state index in [4.69, 9.17) is 11.6 Å². The van der Waals surface area contributed by atoms with Gasteiger partial charge in [-0.2, -0.15) is 0 Å². The first-order valence-corrected chi connectivity index (χ1v) is 8.88. The van der Waals surface area contributed by atoms with Crippen LogP contribution in [0, 0.1) is 0 Å². The maximum Gasteiger partial charge on any atom is 0.255 e. The molecule has 1 heterocycles. The van der Waals surface area contributed by atoms with Gasteiger partial charge in [-0.05, 0) is 44.6 Å². The number of nitrogens with one attached hydrogen (secondary N) is 3. The Kier molecular flexibility index (Phi) is 4.88. The van der Waals surface area contributed by atoms with Gasteiger partial charge in [-0.3, -0.25) is 9.59 Å². The molecule has 4 rings (SSSR count). The van der Waals surface area contributed by atoms with E-state index < -0.39 is 5.60 Å². The molecule has 25 heavy (non-hydrogen) atoms. The number of hydrogen-bond donors (Lipinski definition) is 4. The van der Waals surface area contributed by atoms with Crippen LogP contribution in [-0.4, -0.2) is 46.6 Å². The number of likely N-dealkylation sites (N-methyl/N-ethyl adjacent to an activating group) is 1. The fourth-order valence-electron chi connectivity index (χ4n) is 3.70. The van der Waals surface area contributed by atoms with Gasteiger partial charge < -0.3 is 21.1 Å². The van der Waals surface area contributed by atoms with Crippen LogP contribution in [0.2, 0.25) is 5.15 Å². The van der Waals surface area contributed by atoms with Gasteiger partial charge in [0.05, 0.1) is 23.4 Å². The maximum atomic E-state index is 12.4. The molecule has 3 aliphatic carbocycles. The van der Waals surface area contributed by atoms with E-state index in [0.717, 1.165) is 38.5 Å². The monoisotopic (exact) mass is 366 g/mol. The number of aromatic nitrogens is 1. The fraction of sp³-hybridized carbons (Fsp3) is 0.588. The molecular weight excluding hydrogens is 344 g/mol. The smallest absolute Gasteiger partial charge is 0.255 e. The highest BCUT2D eigenvalue weighted by molar-refractivity contribution is 6.29. The number of halogens is 1.